The average Bonchev–Trinajstić information content (AvgIpc) is 3.18. The number of amides is 1. The van der Waals surface area contributed by atoms with Crippen molar-refractivity contribution in [2.45, 2.75) is 26.7 Å². The minimum Gasteiger partial charge on any atom is -0.420 e. The van der Waals surface area contributed by atoms with E-state index in [1.807, 2.05) is 37.6 Å². The zero-order valence-corrected chi connectivity index (χ0v) is 14.0. The van der Waals surface area contributed by atoms with E-state index in [0.29, 0.717) is 17.3 Å². The summed E-state index contributed by atoms with van der Waals surface area (Å²) in [6.45, 7) is 5.96. The Kier molecular flexibility index (Phi) is 4.08. The lowest BCUT2D eigenvalue weighted by Crippen LogP contribution is -2.10. The largest absolute Gasteiger partial charge is 0.420 e. The molecule has 3 aromatic heterocycles. The van der Waals surface area contributed by atoms with Crippen molar-refractivity contribution in [3.63, 3.8) is 0 Å². The van der Waals surface area contributed by atoms with Gasteiger partial charge in [0.1, 0.15) is 0 Å². The molecule has 3 rings (SSSR count). The Labute approximate surface area is 136 Å². The third-order valence-corrected chi connectivity index (χ3v) is 4.82. The van der Waals surface area contributed by atoms with Gasteiger partial charge in [-0.25, -0.2) is 0 Å². The lowest BCUT2D eigenvalue weighted by Gasteiger charge is -2.01. The lowest BCUT2D eigenvalue weighted by atomic mass is 10.2. The molecule has 1 N–H and O–H groups in total. The number of hydrogen-bond acceptors (Lipinski definition) is 6. The molecule has 3 heterocycles. The molecular weight excluding hydrogens is 318 g/mol. The molecule has 0 aliphatic rings. The highest BCUT2D eigenvalue weighted by Crippen LogP contribution is 2.34. The molecule has 0 aliphatic heterocycles. The zero-order valence-electron chi connectivity index (χ0n) is 12.4. The van der Waals surface area contributed by atoms with Gasteiger partial charge in [-0.2, -0.15) is 11.3 Å². The Morgan fingerprint density at radius 1 is 1.36 bits per heavy atom. The van der Waals surface area contributed by atoms with Gasteiger partial charge in [0, 0.05) is 16.2 Å². The number of carbonyl (C=O) groups is 1. The lowest BCUT2D eigenvalue weighted by molar-refractivity contribution is 0.102. The van der Waals surface area contributed by atoms with E-state index < -0.39 is 0 Å². The predicted molar refractivity (Wildman–Crippen MR) is 88.7 cm³/mol. The van der Waals surface area contributed by atoms with E-state index in [2.05, 4.69) is 15.5 Å². The normalized spacial score (nSPS) is 11.1. The number of aryl methyl sites for hydroxylation is 1. The topological polar surface area (TPSA) is 68.0 Å². The molecule has 0 saturated carbocycles. The van der Waals surface area contributed by atoms with Crippen molar-refractivity contribution in [3.05, 3.63) is 39.2 Å². The second-order valence-electron chi connectivity index (χ2n) is 5.15. The second-order valence-corrected chi connectivity index (χ2v) is 7.18. The molecule has 114 valence electrons. The number of hydrogen-bond donors (Lipinski definition) is 1. The molecule has 0 unspecified atom stereocenters. The van der Waals surface area contributed by atoms with E-state index in [4.69, 9.17) is 4.42 Å². The third kappa shape index (κ3) is 2.95. The summed E-state index contributed by atoms with van der Waals surface area (Å²) in [5.74, 6) is 1.19. The molecule has 0 aromatic carbocycles. The maximum Gasteiger partial charge on any atom is 0.257 e. The van der Waals surface area contributed by atoms with E-state index in [1.165, 1.54) is 22.7 Å². The van der Waals surface area contributed by atoms with Gasteiger partial charge in [-0.1, -0.05) is 13.8 Å². The SMILES string of the molecule is Cc1sc(-c2nnc(C(C)C)o2)cc1NC(=O)c1ccsc1. The summed E-state index contributed by atoms with van der Waals surface area (Å²) < 4.78 is 5.65. The summed E-state index contributed by atoms with van der Waals surface area (Å²) in [5.41, 5.74) is 1.44. The first-order valence-electron chi connectivity index (χ1n) is 6.82. The number of aromatic nitrogens is 2. The van der Waals surface area contributed by atoms with Crippen LogP contribution in [0.25, 0.3) is 10.8 Å². The maximum absolute atomic E-state index is 12.1. The summed E-state index contributed by atoms with van der Waals surface area (Å²) in [4.78, 5) is 14.0. The molecule has 0 saturated heterocycles. The van der Waals surface area contributed by atoms with Gasteiger partial charge in [0.25, 0.3) is 11.8 Å². The summed E-state index contributed by atoms with van der Waals surface area (Å²) >= 11 is 3.02. The van der Waals surface area contributed by atoms with E-state index in [9.17, 15) is 4.79 Å². The van der Waals surface area contributed by atoms with Crippen LogP contribution in [0, 0.1) is 6.92 Å². The van der Waals surface area contributed by atoms with Crippen LogP contribution in [0.4, 0.5) is 5.69 Å². The standard InChI is InChI=1S/C15H15N3O2S2/c1-8(2)14-17-18-15(20-14)12-6-11(9(3)22-12)16-13(19)10-4-5-21-7-10/h4-8H,1-3H3,(H,16,19). The molecule has 0 bridgehead atoms. The molecule has 0 radical (unpaired) electrons. The fraction of sp³-hybridized carbons (Fsp3) is 0.267. The molecule has 5 nitrogen and oxygen atoms in total. The predicted octanol–water partition coefficient (Wildman–Crippen LogP) is 4.54. The third-order valence-electron chi connectivity index (χ3n) is 3.09. The molecule has 7 heteroatoms. The molecule has 3 aromatic rings. The van der Waals surface area contributed by atoms with Crippen molar-refractivity contribution in [3.8, 4) is 10.8 Å². The molecule has 0 aliphatic carbocycles. The number of rotatable bonds is 4. The van der Waals surface area contributed by atoms with Crippen LogP contribution in [-0.2, 0) is 0 Å². The van der Waals surface area contributed by atoms with Gasteiger partial charge in [0.2, 0.25) is 5.89 Å². The van der Waals surface area contributed by atoms with Crippen LogP contribution in [0.1, 0.15) is 40.9 Å². The number of carbonyl (C=O) groups excluding carboxylic acids is 1. The van der Waals surface area contributed by atoms with Crippen LogP contribution in [-0.4, -0.2) is 16.1 Å². The van der Waals surface area contributed by atoms with Gasteiger partial charge in [-0.15, -0.1) is 21.5 Å². The Bertz CT molecular complexity index is 788. The molecular formula is C15H15N3O2S2. The summed E-state index contributed by atoms with van der Waals surface area (Å²) in [5, 5.41) is 14.7. The molecule has 0 fully saturated rings. The fourth-order valence-electron chi connectivity index (χ4n) is 1.87. The van der Waals surface area contributed by atoms with Gasteiger partial charge in [-0.3, -0.25) is 4.79 Å². The maximum atomic E-state index is 12.1. The van der Waals surface area contributed by atoms with Crippen molar-refractivity contribution in [2.75, 3.05) is 5.32 Å². The first kappa shape index (κ1) is 14.9. The molecule has 0 atom stereocenters. The van der Waals surface area contributed by atoms with Crippen LogP contribution in [0.3, 0.4) is 0 Å². The highest BCUT2D eigenvalue weighted by molar-refractivity contribution is 7.16. The summed E-state index contributed by atoms with van der Waals surface area (Å²) in [7, 11) is 0. The highest BCUT2D eigenvalue weighted by atomic mass is 32.1. The Hall–Kier alpha value is -1.99. The minimum absolute atomic E-state index is 0.109. The Morgan fingerprint density at radius 2 is 2.18 bits per heavy atom. The van der Waals surface area contributed by atoms with Gasteiger partial charge < -0.3 is 9.73 Å². The van der Waals surface area contributed by atoms with Crippen molar-refractivity contribution in [1.82, 2.24) is 10.2 Å². The quantitative estimate of drug-likeness (QED) is 0.761. The van der Waals surface area contributed by atoms with Crippen molar-refractivity contribution in [2.24, 2.45) is 0 Å². The number of thiophene rings is 2. The van der Waals surface area contributed by atoms with Crippen molar-refractivity contribution in [1.29, 1.82) is 0 Å². The highest BCUT2D eigenvalue weighted by Gasteiger charge is 2.16. The first-order valence-corrected chi connectivity index (χ1v) is 8.58. The Balaban J connectivity index is 1.82. The fourth-order valence-corrected chi connectivity index (χ4v) is 3.40. The number of nitrogens with one attached hydrogen (secondary N) is 1. The van der Waals surface area contributed by atoms with Crippen LogP contribution in [0.15, 0.2) is 27.3 Å². The van der Waals surface area contributed by atoms with E-state index in [0.717, 1.165) is 15.4 Å². The van der Waals surface area contributed by atoms with Gasteiger partial charge in [-0.05, 0) is 24.4 Å². The molecule has 22 heavy (non-hydrogen) atoms. The van der Waals surface area contributed by atoms with Crippen LogP contribution >= 0.6 is 22.7 Å². The van der Waals surface area contributed by atoms with Gasteiger partial charge in [0.15, 0.2) is 0 Å². The van der Waals surface area contributed by atoms with E-state index in [-0.39, 0.29) is 11.8 Å². The van der Waals surface area contributed by atoms with Crippen molar-refractivity contribution < 1.29 is 9.21 Å². The summed E-state index contributed by atoms with van der Waals surface area (Å²) in [6, 6.07) is 3.68. The second kappa shape index (κ2) is 6.02. The van der Waals surface area contributed by atoms with Crippen LogP contribution in [0.2, 0.25) is 0 Å². The molecule has 0 spiro atoms. The van der Waals surface area contributed by atoms with Gasteiger partial charge >= 0.3 is 0 Å². The first-order chi connectivity index (χ1) is 10.5. The molecule has 1 amide bonds. The summed E-state index contributed by atoms with van der Waals surface area (Å²) in [6.07, 6.45) is 0. The average molecular weight is 333 g/mol. The monoisotopic (exact) mass is 333 g/mol. The van der Waals surface area contributed by atoms with Crippen LogP contribution in [0.5, 0.6) is 0 Å². The minimum atomic E-state index is -0.109. The number of nitrogens with zero attached hydrogens (tertiary/aromatic N) is 2. The van der Waals surface area contributed by atoms with E-state index in [1.54, 1.807) is 6.07 Å². The van der Waals surface area contributed by atoms with Gasteiger partial charge in [0.05, 0.1) is 16.1 Å². The smallest absolute Gasteiger partial charge is 0.257 e. The number of anilines is 1. The van der Waals surface area contributed by atoms with Crippen molar-refractivity contribution >= 4 is 34.3 Å². The Morgan fingerprint density at radius 3 is 2.82 bits per heavy atom. The zero-order chi connectivity index (χ0) is 15.7. The van der Waals surface area contributed by atoms with Crippen LogP contribution < -0.4 is 5.32 Å². The van der Waals surface area contributed by atoms with E-state index >= 15 is 0 Å².